The van der Waals surface area contributed by atoms with E-state index in [0.717, 1.165) is 39.3 Å². The minimum Gasteiger partial charge on any atom is -0.476 e. The molecule has 1 aromatic carbocycles. The minimum atomic E-state index is -1.12. The van der Waals surface area contributed by atoms with Gasteiger partial charge in [-0.3, -0.25) is 14.8 Å². The summed E-state index contributed by atoms with van der Waals surface area (Å²) >= 11 is 0. The number of rotatable bonds is 5. The van der Waals surface area contributed by atoms with Gasteiger partial charge in [0.05, 0.1) is 24.8 Å². The molecule has 2 aliphatic rings. The summed E-state index contributed by atoms with van der Waals surface area (Å²) in [5.41, 5.74) is 1.06. The third kappa shape index (κ3) is 3.95. The van der Waals surface area contributed by atoms with Crippen molar-refractivity contribution in [2.75, 3.05) is 38.2 Å². The number of nitrogens with zero attached hydrogens (tertiary/aromatic N) is 2. The fourth-order valence-corrected chi connectivity index (χ4v) is 3.58. The number of hydrogen-bond acceptors (Lipinski definition) is 6. The molecule has 0 saturated carbocycles. The van der Waals surface area contributed by atoms with Crippen molar-refractivity contribution in [2.24, 2.45) is 0 Å². The van der Waals surface area contributed by atoms with E-state index in [1.807, 2.05) is 0 Å². The van der Waals surface area contributed by atoms with E-state index >= 15 is 0 Å². The first-order valence-corrected chi connectivity index (χ1v) is 9.08. The van der Waals surface area contributed by atoms with Crippen molar-refractivity contribution in [3.63, 3.8) is 0 Å². The van der Waals surface area contributed by atoms with Crippen molar-refractivity contribution in [3.05, 3.63) is 23.9 Å². The number of H-pyrrole nitrogens is 1. The molecule has 2 aromatic rings. The number of aromatic carboxylic acids is 1. The Labute approximate surface area is 155 Å². The van der Waals surface area contributed by atoms with E-state index in [-0.39, 0.29) is 17.7 Å². The number of aromatic amines is 1. The molecule has 9 nitrogen and oxygen atoms in total. The molecule has 0 bridgehead atoms. The molecule has 1 amide bonds. The zero-order chi connectivity index (χ0) is 18.8. The van der Waals surface area contributed by atoms with Crippen molar-refractivity contribution < 1.29 is 24.2 Å². The second-order valence-electron chi connectivity index (χ2n) is 6.86. The van der Waals surface area contributed by atoms with E-state index in [4.69, 9.17) is 9.47 Å². The summed E-state index contributed by atoms with van der Waals surface area (Å²) in [4.78, 5) is 26.1. The lowest BCUT2D eigenvalue weighted by molar-refractivity contribution is -0.127. The SMILES string of the molecule is O=C(O)c1n[nH]c2ccc(NC(=O)[C@@H]3CC[C@H](CN4CCOCC4)O3)cc12. The van der Waals surface area contributed by atoms with E-state index in [0.29, 0.717) is 23.0 Å². The summed E-state index contributed by atoms with van der Waals surface area (Å²) in [6, 6.07) is 5.02. The Morgan fingerprint density at radius 1 is 1.30 bits per heavy atom. The number of carboxylic acid groups (broad SMARTS) is 1. The molecule has 0 radical (unpaired) electrons. The van der Waals surface area contributed by atoms with E-state index in [1.165, 1.54) is 0 Å². The lowest BCUT2D eigenvalue weighted by atomic mass is 10.1. The van der Waals surface area contributed by atoms with Crippen molar-refractivity contribution in [1.82, 2.24) is 15.1 Å². The fraction of sp³-hybridized carbons (Fsp3) is 0.500. The standard InChI is InChI=1S/C18H22N4O5/c23-17(15-4-2-12(27-15)10-22-5-7-26-8-6-22)19-11-1-3-14-13(9-11)16(18(24)25)21-20-14/h1,3,9,12,15H,2,4-8,10H2,(H,19,23)(H,20,21)(H,24,25)/t12-,15+/m1/s1. The molecule has 27 heavy (non-hydrogen) atoms. The Morgan fingerprint density at radius 3 is 2.89 bits per heavy atom. The Kier molecular flexibility index (Phi) is 5.06. The van der Waals surface area contributed by atoms with Crippen molar-refractivity contribution in [3.8, 4) is 0 Å². The molecule has 0 unspecified atom stereocenters. The highest BCUT2D eigenvalue weighted by Crippen LogP contribution is 2.24. The maximum absolute atomic E-state index is 12.5. The van der Waals surface area contributed by atoms with Crippen LogP contribution in [-0.2, 0) is 14.3 Å². The molecule has 4 rings (SSSR count). The van der Waals surface area contributed by atoms with E-state index in [1.54, 1.807) is 18.2 Å². The lowest BCUT2D eigenvalue weighted by Gasteiger charge is -2.28. The first-order valence-electron chi connectivity index (χ1n) is 9.08. The van der Waals surface area contributed by atoms with Crippen LogP contribution in [0, 0.1) is 0 Å². The molecule has 9 heteroatoms. The number of anilines is 1. The normalized spacial score (nSPS) is 23.6. The predicted molar refractivity (Wildman–Crippen MR) is 96.8 cm³/mol. The molecule has 2 saturated heterocycles. The molecular weight excluding hydrogens is 352 g/mol. The van der Waals surface area contributed by atoms with Crippen LogP contribution in [0.4, 0.5) is 5.69 Å². The zero-order valence-electron chi connectivity index (χ0n) is 14.8. The molecule has 2 fully saturated rings. The molecule has 144 valence electrons. The van der Waals surface area contributed by atoms with Gasteiger partial charge in [0.2, 0.25) is 0 Å². The van der Waals surface area contributed by atoms with Crippen molar-refractivity contribution in [2.45, 2.75) is 25.0 Å². The summed E-state index contributed by atoms with van der Waals surface area (Å²) in [5.74, 6) is -1.32. The number of morpholine rings is 1. The second-order valence-corrected chi connectivity index (χ2v) is 6.86. The summed E-state index contributed by atoms with van der Waals surface area (Å²) in [7, 11) is 0. The van der Waals surface area contributed by atoms with Gasteiger partial charge >= 0.3 is 5.97 Å². The average molecular weight is 374 g/mol. The van der Waals surface area contributed by atoms with Crippen LogP contribution in [0.1, 0.15) is 23.3 Å². The summed E-state index contributed by atoms with van der Waals surface area (Å²) in [6.45, 7) is 4.09. The zero-order valence-corrected chi connectivity index (χ0v) is 14.8. The van der Waals surface area contributed by atoms with Gasteiger partial charge in [-0.2, -0.15) is 5.10 Å². The van der Waals surface area contributed by atoms with Crippen LogP contribution in [0.2, 0.25) is 0 Å². The number of carboxylic acids is 1. The summed E-state index contributed by atoms with van der Waals surface area (Å²) < 4.78 is 11.3. The topological polar surface area (TPSA) is 117 Å². The fourth-order valence-electron chi connectivity index (χ4n) is 3.58. The number of nitrogens with one attached hydrogen (secondary N) is 2. The largest absolute Gasteiger partial charge is 0.476 e. The Hall–Kier alpha value is -2.49. The van der Waals surface area contributed by atoms with Gasteiger partial charge in [-0.25, -0.2) is 4.79 Å². The molecule has 2 atom stereocenters. The van der Waals surface area contributed by atoms with E-state index in [9.17, 15) is 14.7 Å². The minimum absolute atomic E-state index is 0.0498. The molecule has 0 aliphatic carbocycles. The Balaban J connectivity index is 1.37. The quantitative estimate of drug-likeness (QED) is 0.717. The number of amides is 1. The first-order chi connectivity index (χ1) is 13.1. The number of carbonyl (C=O) groups excluding carboxylic acids is 1. The van der Waals surface area contributed by atoms with E-state index in [2.05, 4.69) is 20.4 Å². The smallest absolute Gasteiger partial charge is 0.357 e. The summed E-state index contributed by atoms with van der Waals surface area (Å²) in [6.07, 6.45) is 1.08. The number of fused-ring (bicyclic) bond motifs is 1. The van der Waals surface area contributed by atoms with Gasteiger partial charge < -0.3 is 19.9 Å². The van der Waals surface area contributed by atoms with Gasteiger partial charge in [0.15, 0.2) is 5.69 Å². The third-order valence-electron chi connectivity index (χ3n) is 5.00. The maximum Gasteiger partial charge on any atom is 0.357 e. The number of carbonyl (C=O) groups is 2. The molecule has 2 aliphatic heterocycles. The summed E-state index contributed by atoms with van der Waals surface area (Å²) in [5, 5.41) is 18.9. The Morgan fingerprint density at radius 2 is 2.11 bits per heavy atom. The molecule has 1 aromatic heterocycles. The van der Waals surface area contributed by atoms with Crippen LogP contribution in [0.3, 0.4) is 0 Å². The maximum atomic E-state index is 12.5. The molecule has 3 heterocycles. The van der Waals surface area contributed by atoms with E-state index < -0.39 is 12.1 Å². The van der Waals surface area contributed by atoms with Crippen LogP contribution in [-0.4, -0.2) is 77.1 Å². The van der Waals surface area contributed by atoms with Crippen LogP contribution in [0.15, 0.2) is 18.2 Å². The van der Waals surface area contributed by atoms with Gasteiger partial charge in [0.25, 0.3) is 5.91 Å². The van der Waals surface area contributed by atoms with Crippen LogP contribution in [0.25, 0.3) is 10.9 Å². The second kappa shape index (κ2) is 7.63. The number of ether oxygens (including phenoxy) is 2. The van der Waals surface area contributed by atoms with Crippen LogP contribution in [0.5, 0.6) is 0 Å². The average Bonchev–Trinajstić information content (AvgIpc) is 3.29. The van der Waals surface area contributed by atoms with Gasteiger partial charge in [-0.05, 0) is 31.0 Å². The number of aromatic nitrogens is 2. The molecule has 3 N–H and O–H groups in total. The van der Waals surface area contributed by atoms with Crippen molar-refractivity contribution >= 4 is 28.5 Å². The van der Waals surface area contributed by atoms with Gasteiger partial charge in [0, 0.05) is 30.7 Å². The van der Waals surface area contributed by atoms with Gasteiger partial charge in [-0.15, -0.1) is 0 Å². The lowest BCUT2D eigenvalue weighted by Crippen LogP contribution is -2.41. The highest BCUT2D eigenvalue weighted by molar-refractivity contribution is 6.03. The monoisotopic (exact) mass is 374 g/mol. The number of hydrogen-bond donors (Lipinski definition) is 3. The van der Waals surface area contributed by atoms with Crippen LogP contribution < -0.4 is 5.32 Å². The Bertz CT molecular complexity index is 845. The van der Waals surface area contributed by atoms with Crippen molar-refractivity contribution in [1.29, 1.82) is 0 Å². The molecular formula is C18H22N4O5. The van der Waals surface area contributed by atoms with Gasteiger partial charge in [0.1, 0.15) is 6.10 Å². The third-order valence-corrected chi connectivity index (χ3v) is 5.00. The number of benzene rings is 1. The highest BCUT2D eigenvalue weighted by Gasteiger charge is 2.32. The van der Waals surface area contributed by atoms with Gasteiger partial charge in [-0.1, -0.05) is 0 Å². The molecule has 0 spiro atoms. The predicted octanol–water partition coefficient (Wildman–Crippen LogP) is 1.08. The van der Waals surface area contributed by atoms with Crippen LogP contribution >= 0.6 is 0 Å². The highest BCUT2D eigenvalue weighted by atomic mass is 16.5. The first kappa shape index (κ1) is 17.9.